The lowest BCUT2D eigenvalue weighted by molar-refractivity contribution is 0.100. The van der Waals surface area contributed by atoms with E-state index in [9.17, 15) is 4.79 Å². The number of carbonyl (C=O) groups excluding carboxylic acids is 1. The minimum absolute atomic E-state index is 0.262. The summed E-state index contributed by atoms with van der Waals surface area (Å²) >= 11 is 0. The Morgan fingerprint density at radius 2 is 2.25 bits per heavy atom. The Bertz CT molecular complexity index is 442. The van der Waals surface area contributed by atoms with Crippen LogP contribution in [0.5, 0.6) is 0 Å². The van der Waals surface area contributed by atoms with E-state index in [1.807, 2.05) is 0 Å². The molecule has 5 N–H and O–H groups in total. The van der Waals surface area contributed by atoms with Gasteiger partial charge in [-0.1, -0.05) is 13.8 Å². The largest absolute Gasteiger partial charge is 0.397 e. The highest BCUT2D eigenvalue weighted by Crippen LogP contribution is 2.46. The van der Waals surface area contributed by atoms with Crippen LogP contribution in [-0.2, 0) is 0 Å². The van der Waals surface area contributed by atoms with Crippen molar-refractivity contribution in [2.45, 2.75) is 26.3 Å². The molecular weight excluding hydrogens is 204 g/mol. The van der Waals surface area contributed by atoms with Crippen LogP contribution in [0.2, 0.25) is 0 Å². The van der Waals surface area contributed by atoms with Crippen LogP contribution in [-0.4, -0.2) is 16.9 Å². The van der Waals surface area contributed by atoms with Gasteiger partial charge in [0.15, 0.2) is 0 Å². The zero-order valence-electron chi connectivity index (χ0n) is 9.45. The fourth-order valence-electron chi connectivity index (χ4n) is 1.66. The lowest BCUT2D eigenvalue weighted by Gasteiger charge is -2.10. The SMILES string of the molecule is CC1(C)CC1Nc1ncc(N)cc1C(N)=O. The minimum Gasteiger partial charge on any atom is -0.397 e. The summed E-state index contributed by atoms with van der Waals surface area (Å²) in [7, 11) is 0. The third-order valence-corrected chi connectivity index (χ3v) is 3.00. The summed E-state index contributed by atoms with van der Waals surface area (Å²) < 4.78 is 0. The van der Waals surface area contributed by atoms with Crippen molar-refractivity contribution in [2.24, 2.45) is 11.1 Å². The summed E-state index contributed by atoms with van der Waals surface area (Å²) in [6.07, 6.45) is 2.58. The van der Waals surface area contributed by atoms with E-state index >= 15 is 0 Å². The predicted octanol–water partition coefficient (Wildman–Crippen LogP) is 0.973. The van der Waals surface area contributed by atoms with E-state index in [1.54, 1.807) is 6.07 Å². The van der Waals surface area contributed by atoms with Crippen molar-refractivity contribution in [1.29, 1.82) is 0 Å². The molecule has 1 aliphatic carbocycles. The Morgan fingerprint density at radius 3 is 2.75 bits per heavy atom. The van der Waals surface area contributed by atoms with Gasteiger partial charge in [-0.05, 0) is 17.9 Å². The van der Waals surface area contributed by atoms with Crippen molar-refractivity contribution < 1.29 is 4.79 Å². The molecule has 86 valence electrons. The summed E-state index contributed by atoms with van der Waals surface area (Å²) in [4.78, 5) is 15.3. The van der Waals surface area contributed by atoms with E-state index in [2.05, 4.69) is 24.1 Å². The molecule has 1 unspecified atom stereocenters. The molecule has 1 amide bonds. The maximum Gasteiger partial charge on any atom is 0.252 e. The van der Waals surface area contributed by atoms with E-state index in [0.717, 1.165) is 6.42 Å². The third-order valence-electron chi connectivity index (χ3n) is 3.00. The number of anilines is 2. The van der Waals surface area contributed by atoms with Gasteiger partial charge in [-0.3, -0.25) is 4.79 Å². The molecule has 2 rings (SSSR count). The molecule has 0 saturated heterocycles. The lowest BCUT2D eigenvalue weighted by Crippen LogP contribution is -2.18. The number of nitrogen functional groups attached to an aromatic ring is 1. The van der Waals surface area contributed by atoms with Crippen molar-refractivity contribution in [1.82, 2.24) is 4.98 Å². The molecule has 5 nitrogen and oxygen atoms in total. The maximum atomic E-state index is 11.2. The summed E-state index contributed by atoms with van der Waals surface area (Å²) in [5.41, 5.74) is 11.9. The molecule has 0 spiro atoms. The van der Waals surface area contributed by atoms with Gasteiger partial charge >= 0.3 is 0 Å². The fraction of sp³-hybridized carbons (Fsp3) is 0.455. The van der Waals surface area contributed by atoms with Gasteiger partial charge in [0.2, 0.25) is 0 Å². The van der Waals surface area contributed by atoms with Crippen LogP contribution in [0.15, 0.2) is 12.3 Å². The number of nitrogens with one attached hydrogen (secondary N) is 1. The molecule has 1 heterocycles. The third kappa shape index (κ3) is 1.93. The first kappa shape index (κ1) is 10.7. The number of rotatable bonds is 3. The normalized spacial score (nSPS) is 21.5. The summed E-state index contributed by atoms with van der Waals surface area (Å²) in [6.45, 7) is 4.32. The van der Waals surface area contributed by atoms with E-state index in [0.29, 0.717) is 23.1 Å². The second-order valence-electron chi connectivity index (χ2n) is 4.92. The zero-order valence-corrected chi connectivity index (χ0v) is 9.45. The first-order valence-electron chi connectivity index (χ1n) is 5.22. The number of amides is 1. The maximum absolute atomic E-state index is 11.2. The summed E-state index contributed by atoms with van der Waals surface area (Å²) in [5.74, 6) is 0.0121. The van der Waals surface area contributed by atoms with Gasteiger partial charge in [0, 0.05) is 6.04 Å². The van der Waals surface area contributed by atoms with Gasteiger partial charge < -0.3 is 16.8 Å². The summed E-state index contributed by atoms with van der Waals surface area (Å²) in [6, 6.07) is 1.90. The standard InChI is InChI=1S/C11H16N4O/c1-11(2)4-8(11)15-10-7(9(13)16)3-6(12)5-14-10/h3,5,8H,4,12H2,1-2H3,(H2,13,16)(H,14,15). The first-order chi connectivity index (χ1) is 7.40. The minimum atomic E-state index is -0.513. The zero-order chi connectivity index (χ0) is 11.9. The van der Waals surface area contributed by atoms with Gasteiger partial charge in [-0.15, -0.1) is 0 Å². The van der Waals surface area contributed by atoms with Gasteiger partial charge in [-0.2, -0.15) is 0 Å². The number of pyridine rings is 1. The fourth-order valence-corrected chi connectivity index (χ4v) is 1.66. The molecule has 0 aliphatic heterocycles. The highest BCUT2D eigenvalue weighted by atomic mass is 16.1. The van der Waals surface area contributed by atoms with Crippen LogP contribution >= 0.6 is 0 Å². The molecule has 0 bridgehead atoms. The van der Waals surface area contributed by atoms with E-state index in [4.69, 9.17) is 11.5 Å². The van der Waals surface area contributed by atoms with E-state index in [-0.39, 0.29) is 5.41 Å². The second-order valence-corrected chi connectivity index (χ2v) is 4.92. The van der Waals surface area contributed by atoms with Crippen LogP contribution < -0.4 is 16.8 Å². The monoisotopic (exact) mass is 220 g/mol. The van der Waals surface area contributed by atoms with E-state index < -0.39 is 5.91 Å². The van der Waals surface area contributed by atoms with Gasteiger partial charge in [-0.25, -0.2) is 4.98 Å². The Labute approximate surface area is 94.2 Å². The first-order valence-corrected chi connectivity index (χ1v) is 5.22. The highest BCUT2D eigenvalue weighted by molar-refractivity contribution is 5.98. The topological polar surface area (TPSA) is 94.0 Å². The molecule has 0 aromatic carbocycles. The molecular formula is C11H16N4O. The Morgan fingerprint density at radius 1 is 1.62 bits per heavy atom. The van der Waals surface area contributed by atoms with E-state index in [1.165, 1.54) is 6.20 Å². The van der Waals surface area contributed by atoms with Crippen molar-refractivity contribution in [2.75, 3.05) is 11.1 Å². The quantitative estimate of drug-likeness (QED) is 0.707. The Hall–Kier alpha value is -1.78. The lowest BCUT2D eigenvalue weighted by atomic mass is 10.2. The average molecular weight is 220 g/mol. The van der Waals surface area contributed by atoms with Crippen LogP contribution in [0.1, 0.15) is 30.6 Å². The number of hydrogen-bond donors (Lipinski definition) is 3. The Kier molecular flexibility index (Phi) is 2.26. The van der Waals surface area contributed by atoms with Crippen molar-refractivity contribution in [3.63, 3.8) is 0 Å². The van der Waals surface area contributed by atoms with Gasteiger partial charge in [0.05, 0.1) is 17.4 Å². The summed E-state index contributed by atoms with van der Waals surface area (Å²) in [5, 5.41) is 3.22. The van der Waals surface area contributed by atoms with Gasteiger partial charge in [0.25, 0.3) is 5.91 Å². The molecule has 16 heavy (non-hydrogen) atoms. The molecule has 5 heteroatoms. The van der Waals surface area contributed by atoms with Gasteiger partial charge in [0.1, 0.15) is 5.82 Å². The number of aromatic nitrogens is 1. The van der Waals surface area contributed by atoms with Crippen LogP contribution in [0.3, 0.4) is 0 Å². The van der Waals surface area contributed by atoms with Crippen molar-refractivity contribution in [3.05, 3.63) is 17.8 Å². The smallest absolute Gasteiger partial charge is 0.252 e. The molecule has 0 radical (unpaired) electrons. The number of nitrogens with zero attached hydrogens (tertiary/aromatic N) is 1. The molecule has 1 aromatic rings. The second kappa shape index (κ2) is 3.37. The van der Waals surface area contributed by atoms with Crippen molar-refractivity contribution >= 4 is 17.4 Å². The molecule has 1 aliphatic rings. The van der Waals surface area contributed by atoms with Crippen LogP contribution in [0.25, 0.3) is 0 Å². The number of primary amides is 1. The molecule has 1 aromatic heterocycles. The van der Waals surface area contributed by atoms with Crippen molar-refractivity contribution in [3.8, 4) is 0 Å². The van der Waals surface area contributed by atoms with Crippen LogP contribution in [0, 0.1) is 5.41 Å². The average Bonchev–Trinajstić information content (AvgIpc) is 2.76. The molecule has 1 fully saturated rings. The Balaban J connectivity index is 2.24. The van der Waals surface area contributed by atoms with Crippen LogP contribution in [0.4, 0.5) is 11.5 Å². The number of nitrogens with two attached hydrogens (primary N) is 2. The number of carbonyl (C=O) groups is 1. The predicted molar refractivity (Wildman–Crippen MR) is 63.0 cm³/mol. The highest BCUT2D eigenvalue weighted by Gasteiger charge is 2.46. The molecule has 1 atom stereocenters. The molecule has 1 saturated carbocycles. The number of hydrogen-bond acceptors (Lipinski definition) is 4.